The Morgan fingerprint density at radius 2 is 2.00 bits per heavy atom. The number of anilines is 1. The fraction of sp³-hybridized carbons (Fsp3) is 0.688. The van der Waals surface area contributed by atoms with Gasteiger partial charge in [-0.3, -0.25) is 0 Å². The van der Waals surface area contributed by atoms with Gasteiger partial charge in [0, 0.05) is 25.2 Å². The van der Waals surface area contributed by atoms with Gasteiger partial charge in [-0.1, -0.05) is 20.8 Å². The third-order valence-corrected chi connectivity index (χ3v) is 4.30. The first-order chi connectivity index (χ1) is 9.41. The molecule has 0 unspecified atom stereocenters. The van der Waals surface area contributed by atoms with Crippen LogP contribution in [0.4, 0.5) is 10.2 Å². The second-order valence-electron chi connectivity index (χ2n) is 6.79. The molecule has 0 spiro atoms. The number of halogens is 1. The smallest absolute Gasteiger partial charge is 0.141 e. The zero-order valence-electron chi connectivity index (χ0n) is 13.0. The molecule has 1 aromatic rings. The number of rotatable bonds is 3. The Labute approximate surface area is 121 Å². The van der Waals surface area contributed by atoms with Gasteiger partial charge in [-0.25, -0.2) is 9.37 Å². The Kier molecular flexibility index (Phi) is 4.63. The molecule has 1 fully saturated rings. The van der Waals surface area contributed by atoms with E-state index in [0.717, 1.165) is 30.4 Å². The molecule has 0 radical (unpaired) electrons. The zero-order valence-corrected chi connectivity index (χ0v) is 13.0. The molecule has 1 saturated heterocycles. The van der Waals surface area contributed by atoms with E-state index in [9.17, 15) is 4.39 Å². The van der Waals surface area contributed by atoms with Crippen molar-refractivity contribution < 1.29 is 4.39 Å². The zero-order chi connectivity index (χ0) is 14.8. The maximum Gasteiger partial charge on any atom is 0.141 e. The van der Waals surface area contributed by atoms with Crippen LogP contribution in [0.25, 0.3) is 0 Å². The van der Waals surface area contributed by atoms with E-state index >= 15 is 0 Å². The summed E-state index contributed by atoms with van der Waals surface area (Å²) in [4.78, 5) is 6.62. The maximum atomic E-state index is 13.3. The van der Waals surface area contributed by atoms with Crippen LogP contribution in [-0.4, -0.2) is 25.1 Å². The summed E-state index contributed by atoms with van der Waals surface area (Å²) in [6.07, 6.45) is 3.69. The van der Waals surface area contributed by atoms with Gasteiger partial charge in [-0.15, -0.1) is 0 Å². The van der Waals surface area contributed by atoms with E-state index in [4.69, 9.17) is 0 Å². The van der Waals surface area contributed by atoms with E-state index in [1.807, 2.05) is 7.05 Å². The van der Waals surface area contributed by atoms with Crippen molar-refractivity contribution in [3.05, 3.63) is 23.6 Å². The first-order valence-electron chi connectivity index (χ1n) is 7.46. The van der Waals surface area contributed by atoms with Gasteiger partial charge in [0.05, 0.1) is 6.20 Å². The lowest BCUT2D eigenvalue weighted by Gasteiger charge is -2.39. The van der Waals surface area contributed by atoms with Crippen LogP contribution in [-0.2, 0) is 6.54 Å². The van der Waals surface area contributed by atoms with Crippen LogP contribution in [0.2, 0.25) is 0 Å². The summed E-state index contributed by atoms with van der Waals surface area (Å²) < 4.78 is 13.3. The Morgan fingerprint density at radius 3 is 2.55 bits per heavy atom. The van der Waals surface area contributed by atoms with Gasteiger partial charge < -0.3 is 10.2 Å². The molecule has 0 saturated carbocycles. The average molecular weight is 279 g/mol. The summed E-state index contributed by atoms with van der Waals surface area (Å²) in [7, 11) is 1.88. The van der Waals surface area contributed by atoms with Gasteiger partial charge in [0.25, 0.3) is 0 Å². The van der Waals surface area contributed by atoms with Crippen LogP contribution in [0.5, 0.6) is 0 Å². The predicted octanol–water partition coefficient (Wildman–Crippen LogP) is 3.20. The number of pyridine rings is 1. The van der Waals surface area contributed by atoms with Gasteiger partial charge in [0.1, 0.15) is 11.6 Å². The van der Waals surface area contributed by atoms with Crippen LogP contribution in [0, 0.1) is 17.2 Å². The number of hydrogen-bond acceptors (Lipinski definition) is 3. The lowest BCUT2D eigenvalue weighted by molar-refractivity contribution is 0.198. The molecule has 2 heterocycles. The Balaban J connectivity index is 2.10. The van der Waals surface area contributed by atoms with Crippen molar-refractivity contribution in [2.24, 2.45) is 11.3 Å². The molecule has 3 nitrogen and oxygen atoms in total. The summed E-state index contributed by atoms with van der Waals surface area (Å²) in [6, 6.07) is 1.59. The van der Waals surface area contributed by atoms with Crippen molar-refractivity contribution in [1.29, 1.82) is 0 Å². The highest BCUT2D eigenvalue weighted by Crippen LogP contribution is 2.35. The van der Waals surface area contributed by atoms with Crippen molar-refractivity contribution in [2.45, 2.75) is 40.2 Å². The van der Waals surface area contributed by atoms with E-state index in [2.05, 4.69) is 36.0 Å². The lowest BCUT2D eigenvalue weighted by Crippen LogP contribution is -2.39. The summed E-state index contributed by atoms with van der Waals surface area (Å²) in [5, 5.41) is 3.09. The Bertz CT molecular complexity index is 446. The second-order valence-corrected chi connectivity index (χ2v) is 6.79. The summed E-state index contributed by atoms with van der Waals surface area (Å²) in [6.45, 7) is 9.62. The third-order valence-electron chi connectivity index (χ3n) is 4.30. The molecule has 112 valence electrons. The highest BCUT2D eigenvalue weighted by Gasteiger charge is 2.29. The van der Waals surface area contributed by atoms with Crippen molar-refractivity contribution in [2.75, 3.05) is 25.0 Å². The molecule has 4 heteroatoms. The summed E-state index contributed by atoms with van der Waals surface area (Å²) in [5.74, 6) is 1.43. The summed E-state index contributed by atoms with van der Waals surface area (Å²) in [5.41, 5.74) is 1.32. The molecule has 0 aromatic carbocycles. The molecule has 0 amide bonds. The minimum absolute atomic E-state index is 0.261. The maximum absolute atomic E-state index is 13.3. The van der Waals surface area contributed by atoms with Gasteiger partial charge in [-0.05, 0) is 37.3 Å². The number of piperidine rings is 1. The van der Waals surface area contributed by atoms with Crippen molar-refractivity contribution in [1.82, 2.24) is 10.3 Å². The lowest BCUT2D eigenvalue weighted by atomic mass is 9.75. The summed E-state index contributed by atoms with van der Waals surface area (Å²) >= 11 is 0. The van der Waals surface area contributed by atoms with Crippen LogP contribution in [0.15, 0.2) is 12.3 Å². The molecular weight excluding hydrogens is 253 g/mol. The van der Waals surface area contributed by atoms with Crippen LogP contribution >= 0.6 is 0 Å². The van der Waals surface area contributed by atoms with Crippen molar-refractivity contribution >= 4 is 5.82 Å². The van der Waals surface area contributed by atoms with Crippen molar-refractivity contribution in [3.8, 4) is 0 Å². The fourth-order valence-electron chi connectivity index (χ4n) is 3.04. The van der Waals surface area contributed by atoms with Gasteiger partial charge >= 0.3 is 0 Å². The fourth-order valence-corrected chi connectivity index (χ4v) is 3.04. The topological polar surface area (TPSA) is 28.2 Å². The molecule has 1 aliphatic heterocycles. The normalized spacial score (nSPS) is 17.6. The van der Waals surface area contributed by atoms with E-state index in [1.54, 1.807) is 6.07 Å². The van der Waals surface area contributed by atoms with Gasteiger partial charge in [0.15, 0.2) is 0 Å². The molecule has 0 aliphatic carbocycles. The predicted molar refractivity (Wildman–Crippen MR) is 81.4 cm³/mol. The highest BCUT2D eigenvalue weighted by molar-refractivity contribution is 5.47. The minimum Gasteiger partial charge on any atom is -0.356 e. The average Bonchev–Trinajstić information content (AvgIpc) is 2.38. The molecule has 0 atom stereocenters. The van der Waals surface area contributed by atoms with Crippen LogP contribution in [0.1, 0.15) is 39.2 Å². The molecule has 1 aromatic heterocycles. The molecule has 0 bridgehead atoms. The monoisotopic (exact) mass is 279 g/mol. The number of nitrogens with zero attached hydrogens (tertiary/aromatic N) is 2. The molecule has 2 rings (SSSR count). The molecule has 20 heavy (non-hydrogen) atoms. The Morgan fingerprint density at radius 1 is 1.35 bits per heavy atom. The molecule has 1 aliphatic rings. The third kappa shape index (κ3) is 3.48. The van der Waals surface area contributed by atoms with Crippen LogP contribution < -0.4 is 10.2 Å². The van der Waals surface area contributed by atoms with Crippen LogP contribution in [0.3, 0.4) is 0 Å². The SMILES string of the molecule is CNCc1cc(F)cnc1N1CCC(C(C)(C)C)CC1. The molecule has 1 N–H and O–H groups in total. The standard InChI is InChI=1S/C16H26FN3/c1-16(2,3)13-5-7-20(8-6-13)15-12(10-18-4)9-14(17)11-19-15/h9,11,13,18H,5-8,10H2,1-4H3. The second kappa shape index (κ2) is 6.08. The van der Waals surface area contributed by atoms with E-state index in [-0.39, 0.29) is 5.82 Å². The van der Waals surface area contributed by atoms with Gasteiger partial charge in [0.2, 0.25) is 0 Å². The number of nitrogens with one attached hydrogen (secondary N) is 1. The molecular formula is C16H26FN3. The Hall–Kier alpha value is -1.16. The van der Waals surface area contributed by atoms with E-state index in [1.165, 1.54) is 19.0 Å². The van der Waals surface area contributed by atoms with E-state index < -0.39 is 0 Å². The van der Waals surface area contributed by atoms with E-state index in [0.29, 0.717) is 12.0 Å². The van der Waals surface area contributed by atoms with Gasteiger partial charge in [-0.2, -0.15) is 0 Å². The quantitative estimate of drug-likeness (QED) is 0.921. The first kappa shape index (κ1) is 15.2. The largest absolute Gasteiger partial charge is 0.356 e. The number of aromatic nitrogens is 1. The number of hydrogen-bond donors (Lipinski definition) is 1. The van der Waals surface area contributed by atoms with Crippen molar-refractivity contribution in [3.63, 3.8) is 0 Å². The highest BCUT2D eigenvalue weighted by atomic mass is 19.1. The minimum atomic E-state index is -0.261. The first-order valence-corrected chi connectivity index (χ1v) is 7.46.